The summed E-state index contributed by atoms with van der Waals surface area (Å²) in [4.78, 5) is 41.2. The number of nitrogens with one attached hydrogen (secondary N) is 1. The molecule has 146 valence electrons. The molecule has 1 atom stereocenters. The zero-order chi connectivity index (χ0) is 20.5. The number of urea groups is 1. The number of benzene rings is 2. The summed E-state index contributed by atoms with van der Waals surface area (Å²) < 4.78 is 0.804. The molecule has 2 aromatic rings. The van der Waals surface area contributed by atoms with Crippen molar-refractivity contribution < 1.29 is 14.4 Å². The smallest absolute Gasteiger partial charge is 0.319 e. The molecule has 6 nitrogen and oxygen atoms in total. The third kappa shape index (κ3) is 3.67. The molecule has 1 aliphatic rings. The van der Waals surface area contributed by atoms with Crippen LogP contribution in [0.15, 0.2) is 59.1 Å². The molecule has 3 rings (SSSR count). The highest BCUT2D eigenvalue weighted by Crippen LogP contribution is 2.30. The lowest BCUT2D eigenvalue weighted by Crippen LogP contribution is -2.46. The van der Waals surface area contributed by atoms with Gasteiger partial charge in [0.25, 0.3) is 5.91 Å². The van der Waals surface area contributed by atoms with Crippen LogP contribution in [0.4, 0.5) is 10.5 Å². The minimum Gasteiger partial charge on any atom is -0.319 e. The van der Waals surface area contributed by atoms with Gasteiger partial charge in [-0.05, 0) is 50.6 Å². The third-order valence-corrected chi connectivity index (χ3v) is 5.28. The minimum atomic E-state index is -1.21. The van der Waals surface area contributed by atoms with Gasteiger partial charge in [-0.25, -0.2) is 4.79 Å². The largest absolute Gasteiger partial charge is 0.325 e. The van der Waals surface area contributed by atoms with Crippen molar-refractivity contribution in [1.29, 1.82) is 0 Å². The fourth-order valence-electron chi connectivity index (χ4n) is 3.37. The standard InChI is InChI=1S/C21H22BrN3O3/c1-14(2)25(17-10-5-4-6-11-17)18(26)13-24-19(27)21(3,23-20(24)28)15-8-7-9-16(22)12-15/h4-12,14H,13H2,1-3H3,(H,23,28). The zero-order valence-corrected chi connectivity index (χ0v) is 17.6. The molecule has 0 saturated carbocycles. The molecule has 28 heavy (non-hydrogen) atoms. The van der Waals surface area contributed by atoms with Crippen LogP contribution in [0.2, 0.25) is 0 Å². The second kappa shape index (κ2) is 7.75. The molecule has 0 bridgehead atoms. The van der Waals surface area contributed by atoms with Crippen molar-refractivity contribution in [1.82, 2.24) is 10.2 Å². The van der Waals surface area contributed by atoms with E-state index in [4.69, 9.17) is 0 Å². The normalized spacial score (nSPS) is 19.1. The van der Waals surface area contributed by atoms with Gasteiger partial charge in [-0.1, -0.05) is 46.3 Å². The zero-order valence-electron chi connectivity index (χ0n) is 16.0. The number of carbonyl (C=O) groups excluding carboxylic acids is 3. The quantitative estimate of drug-likeness (QED) is 0.716. The van der Waals surface area contributed by atoms with Gasteiger partial charge in [-0.15, -0.1) is 0 Å². The van der Waals surface area contributed by atoms with E-state index in [9.17, 15) is 14.4 Å². The summed E-state index contributed by atoms with van der Waals surface area (Å²) in [5, 5.41) is 2.73. The van der Waals surface area contributed by atoms with E-state index in [0.717, 1.165) is 15.1 Å². The molecule has 1 fully saturated rings. The number of hydrogen-bond donors (Lipinski definition) is 1. The number of amides is 4. The van der Waals surface area contributed by atoms with Crippen LogP contribution in [0, 0.1) is 0 Å². The number of imide groups is 1. The maximum atomic E-state index is 13.1. The van der Waals surface area contributed by atoms with E-state index in [1.807, 2.05) is 50.2 Å². The highest BCUT2D eigenvalue weighted by atomic mass is 79.9. The molecule has 0 aliphatic carbocycles. The molecule has 4 amide bonds. The van der Waals surface area contributed by atoms with E-state index in [0.29, 0.717) is 5.56 Å². The van der Waals surface area contributed by atoms with Gasteiger partial charge in [0.05, 0.1) is 0 Å². The molecule has 0 radical (unpaired) electrons. The van der Waals surface area contributed by atoms with Crippen LogP contribution in [-0.2, 0) is 15.1 Å². The molecular formula is C21H22BrN3O3. The van der Waals surface area contributed by atoms with Gasteiger partial charge < -0.3 is 10.2 Å². The lowest BCUT2D eigenvalue weighted by molar-refractivity contribution is -0.134. The Bertz CT molecular complexity index is 916. The van der Waals surface area contributed by atoms with Gasteiger partial charge in [-0.2, -0.15) is 0 Å². The van der Waals surface area contributed by atoms with Crippen LogP contribution in [0.5, 0.6) is 0 Å². The van der Waals surface area contributed by atoms with E-state index in [1.54, 1.807) is 30.0 Å². The Morgan fingerprint density at radius 2 is 1.82 bits per heavy atom. The second-order valence-corrected chi connectivity index (χ2v) is 8.07. The highest BCUT2D eigenvalue weighted by Gasteiger charge is 2.49. The average Bonchev–Trinajstić information content (AvgIpc) is 2.86. The Hall–Kier alpha value is -2.67. The number of carbonyl (C=O) groups is 3. The molecule has 1 heterocycles. The molecule has 1 aliphatic heterocycles. The van der Waals surface area contributed by atoms with Crippen LogP contribution >= 0.6 is 15.9 Å². The van der Waals surface area contributed by atoms with E-state index in [2.05, 4.69) is 21.2 Å². The Kier molecular flexibility index (Phi) is 5.56. The van der Waals surface area contributed by atoms with E-state index >= 15 is 0 Å². The first-order valence-electron chi connectivity index (χ1n) is 9.01. The molecule has 1 N–H and O–H groups in total. The predicted molar refractivity (Wildman–Crippen MR) is 111 cm³/mol. The summed E-state index contributed by atoms with van der Waals surface area (Å²) in [6.45, 7) is 5.11. The number of anilines is 1. The van der Waals surface area contributed by atoms with Crippen molar-refractivity contribution in [2.45, 2.75) is 32.4 Å². The summed E-state index contributed by atoms with van der Waals surface area (Å²) in [5.74, 6) is -0.760. The second-order valence-electron chi connectivity index (χ2n) is 7.15. The Morgan fingerprint density at radius 1 is 1.14 bits per heavy atom. The maximum absolute atomic E-state index is 13.1. The van der Waals surface area contributed by atoms with Crippen molar-refractivity contribution in [2.75, 3.05) is 11.4 Å². The van der Waals surface area contributed by atoms with Crippen molar-refractivity contribution >= 4 is 39.5 Å². The first-order chi connectivity index (χ1) is 13.2. The van der Waals surface area contributed by atoms with Gasteiger partial charge in [0, 0.05) is 16.2 Å². The summed E-state index contributed by atoms with van der Waals surface area (Å²) in [6.07, 6.45) is 0. The average molecular weight is 444 g/mol. The number of halogens is 1. The predicted octanol–water partition coefficient (Wildman–Crippen LogP) is 3.66. The first-order valence-corrected chi connectivity index (χ1v) is 9.80. The number of para-hydroxylation sites is 1. The van der Waals surface area contributed by atoms with Crippen LogP contribution in [0.1, 0.15) is 26.3 Å². The first kappa shape index (κ1) is 20.1. The molecule has 0 aromatic heterocycles. The van der Waals surface area contributed by atoms with Gasteiger partial charge in [-0.3, -0.25) is 14.5 Å². The van der Waals surface area contributed by atoms with Gasteiger partial charge in [0.1, 0.15) is 12.1 Å². The Balaban J connectivity index is 1.85. The lowest BCUT2D eigenvalue weighted by Gasteiger charge is -2.28. The summed E-state index contributed by atoms with van der Waals surface area (Å²) in [5.41, 5.74) is 0.166. The highest BCUT2D eigenvalue weighted by molar-refractivity contribution is 9.10. The van der Waals surface area contributed by atoms with Gasteiger partial charge in [0.15, 0.2) is 0 Å². The topological polar surface area (TPSA) is 69.7 Å². The molecule has 7 heteroatoms. The summed E-state index contributed by atoms with van der Waals surface area (Å²) >= 11 is 3.39. The summed E-state index contributed by atoms with van der Waals surface area (Å²) in [6, 6.07) is 15.7. The fourth-order valence-corrected chi connectivity index (χ4v) is 3.77. The van der Waals surface area contributed by atoms with Crippen LogP contribution < -0.4 is 10.2 Å². The van der Waals surface area contributed by atoms with E-state index in [1.165, 1.54) is 0 Å². The third-order valence-electron chi connectivity index (χ3n) is 4.79. The van der Waals surface area contributed by atoms with Crippen molar-refractivity contribution in [3.8, 4) is 0 Å². The lowest BCUT2D eigenvalue weighted by atomic mass is 9.92. The number of nitrogens with zero attached hydrogens (tertiary/aromatic N) is 2. The van der Waals surface area contributed by atoms with Crippen LogP contribution in [0.3, 0.4) is 0 Å². The van der Waals surface area contributed by atoms with Crippen molar-refractivity contribution in [3.05, 3.63) is 64.6 Å². The monoisotopic (exact) mass is 443 g/mol. The fraction of sp³-hybridized carbons (Fsp3) is 0.286. The van der Waals surface area contributed by atoms with Crippen LogP contribution in [0.25, 0.3) is 0 Å². The van der Waals surface area contributed by atoms with E-state index in [-0.39, 0.29) is 18.5 Å². The Morgan fingerprint density at radius 3 is 2.43 bits per heavy atom. The molecular weight excluding hydrogens is 422 g/mol. The molecule has 1 unspecified atom stereocenters. The van der Waals surface area contributed by atoms with Crippen molar-refractivity contribution in [2.24, 2.45) is 0 Å². The summed E-state index contributed by atoms with van der Waals surface area (Å²) in [7, 11) is 0. The molecule has 2 aromatic carbocycles. The molecule has 0 spiro atoms. The molecule has 1 saturated heterocycles. The Labute approximate surface area is 172 Å². The number of hydrogen-bond acceptors (Lipinski definition) is 3. The van der Waals surface area contributed by atoms with Gasteiger partial charge in [0.2, 0.25) is 5.91 Å². The minimum absolute atomic E-state index is 0.118. The SMILES string of the molecule is CC(C)N(C(=O)CN1C(=O)NC(C)(c2cccc(Br)c2)C1=O)c1ccccc1. The van der Waals surface area contributed by atoms with Crippen molar-refractivity contribution in [3.63, 3.8) is 0 Å². The maximum Gasteiger partial charge on any atom is 0.325 e. The number of rotatable bonds is 5. The van der Waals surface area contributed by atoms with Gasteiger partial charge >= 0.3 is 6.03 Å². The van der Waals surface area contributed by atoms with Crippen LogP contribution in [-0.4, -0.2) is 35.3 Å². The van der Waals surface area contributed by atoms with E-state index < -0.39 is 17.5 Å².